The van der Waals surface area contributed by atoms with Crippen molar-refractivity contribution in [1.82, 2.24) is 15.3 Å². The fourth-order valence-corrected chi connectivity index (χ4v) is 7.07. The third-order valence-corrected chi connectivity index (χ3v) is 10.2. The molecule has 11 heteroatoms. The zero-order valence-corrected chi connectivity index (χ0v) is 23.6. The molecule has 1 aliphatic heterocycles. The van der Waals surface area contributed by atoms with Crippen molar-refractivity contribution in [2.75, 3.05) is 36.6 Å². The number of aliphatic hydroxyl groups excluding tert-OH is 1. The van der Waals surface area contributed by atoms with Gasteiger partial charge in [-0.25, -0.2) is 14.8 Å². The summed E-state index contributed by atoms with van der Waals surface area (Å²) in [5.41, 5.74) is 1.95. The van der Waals surface area contributed by atoms with Gasteiger partial charge in [-0.3, -0.25) is 9.11 Å². The standard InChI is InChI=1S/C29H37N5O5S/c1-3-23-19-39-16-15-34(23)26-17-25(29(13-14-29)40(37,38)24-7-5-4-6-8-24)32-27(33-26)21-9-11-22(12-10-21)31-28(36)30-20(2)18-35/h4-12,17,20,23,35,37-38H,3,13-16,18-19H2,1-2H3,(H2,30,31,36)/t20-,23-/m0/s1. The van der Waals surface area contributed by atoms with Gasteiger partial charge in [0, 0.05) is 23.9 Å². The average Bonchev–Trinajstić information content (AvgIpc) is 3.81. The Morgan fingerprint density at radius 2 is 1.88 bits per heavy atom. The molecule has 0 bridgehead atoms. The van der Waals surface area contributed by atoms with E-state index in [1.54, 1.807) is 31.2 Å². The zero-order valence-electron chi connectivity index (χ0n) is 22.8. The highest BCUT2D eigenvalue weighted by Crippen LogP contribution is 2.75. The van der Waals surface area contributed by atoms with E-state index in [4.69, 9.17) is 19.8 Å². The monoisotopic (exact) mass is 567 g/mol. The second-order valence-corrected chi connectivity index (χ2v) is 12.7. The predicted octanol–water partition coefficient (Wildman–Crippen LogP) is 5.06. The van der Waals surface area contributed by atoms with Crippen molar-refractivity contribution in [3.8, 4) is 11.4 Å². The molecule has 0 spiro atoms. The lowest BCUT2D eigenvalue weighted by Crippen LogP contribution is -2.45. The first-order valence-corrected chi connectivity index (χ1v) is 15.2. The minimum Gasteiger partial charge on any atom is -0.394 e. The minimum atomic E-state index is -3.18. The average molecular weight is 568 g/mol. The molecule has 0 unspecified atom stereocenters. The Morgan fingerprint density at radius 3 is 2.52 bits per heavy atom. The van der Waals surface area contributed by atoms with Gasteiger partial charge in [-0.15, -0.1) is 0 Å². The molecule has 1 saturated carbocycles. The summed E-state index contributed by atoms with van der Waals surface area (Å²) in [4.78, 5) is 24.8. The number of nitrogens with one attached hydrogen (secondary N) is 2. The molecule has 10 nitrogen and oxygen atoms in total. The van der Waals surface area contributed by atoms with Crippen LogP contribution < -0.4 is 15.5 Å². The van der Waals surface area contributed by atoms with E-state index in [1.165, 1.54) is 0 Å². The molecule has 1 aliphatic carbocycles. The molecule has 2 atom stereocenters. The summed E-state index contributed by atoms with van der Waals surface area (Å²) in [6, 6.07) is 17.5. The Kier molecular flexibility index (Phi) is 8.29. The number of morpholine rings is 1. The van der Waals surface area contributed by atoms with Gasteiger partial charge in [0.05, 0.1) is 42.5 Å². The van der Waals surface area contributed by atoms with Crippen molar-refractivity contribution < 1.29 is 23.7 Å². The largest absolute Gasteiger partial charge is 0.394 e. The van der Waals surface area contributed by atoms with Gasteiger partial charge in [0.15, 0.2) is 5.82 Å². The SMILES string of the molecule is CC[C@H]1COCCN1c1cc(C2(S(O)(O)c3ccccc3)CC2)nc(-c2ccc(NC(=O)N[C@@H](C)CO)cc2)n1. The first-order chi connectivity index (χ1) is 19.3. The van der Waals surface area contributed by atoms with Crippen LogP contribution in [0.2, 0.25) is 0 Å². The molecule has 1 saturated heterocycles. The molecule has 5 N–H and O–H groups in total. The summed E-state index contributed by atoms with van der Waals surface area (Å²) in [6.07, 6.45) is 2.12. The summed E-state index contributed by atoms with van der Waals surface area (Å²) < 4.78 is 28.0. The molecular formula is C29H37N5O5S. The van der Waals surface area contributed by atoms with Crippen molar-refractivity contribution in [2.45, 2.75) is 54.8 Å². The van der Waals surface area contributed by atoms with Crippen LogP contribution in [0.25, 0.3) is 11.4 Å². The molecule has 0 radical (unpaired) electrons. The molecule has 2 amide bonds. The molecule has 40 heavy (non-hydrogen) atoms. The highest BCUT2D eigenvalue weighted by molar-refractivity contribution is 8.25. The Bertz CT molecular complexity index is 1320. The van der Waals surface area contributed by atoms with Gasteiger partial charge in [0.2, 0.25) is 0 Å². The van der Waals surface area contributed by atoms with Gasteiger partial charge >= 0.3 is 6.03 Å². The number of aromatic nitrogens is 2. The van der Waals surface area contributed by atoms with Crippen LogP contribution in [0.15, 0.2) is 65.6 Å². The Hall–Kier alpha value is -3.22. The lowest BCUT2D eigenvalue weighted by molar-refractivity contribution is 0.0925. The van der Waals surface area contributed by atoms with Crippen molar-refractivity contribution in [2.24, 2.45) is 0 Å². The van der Waals surface area contributed by atoms with Crippen LogP contribution in [0.5, 0.6) is 0 Å². The van der Waals surface area contributed by atoms with Crippen LogP contribution in [0, 0.1) is 0 Å². The van der Waals surface area contributed by atoms with Crippen molar-refractivity contribution >= 4 is 28.1 Å². The second-order valence-electron chi connectivity index (χ2n) is 10.4. The number of hydrogen-bond acceptors (Lipinski definition) is 8. The highest BCUT2D eigenvalue weighted by Gasteiger charge is 2.57. The number of aliphatic hydroxyl groups is 1. The number of nitrogens with zero attached hydrogens (tertiary/aromatic N) is 3. The van der Waals surface area contributed by atoms with Gasteiger partial charge in [-0.2, -0.15) is 10.6 Å². The second kappa shape index (κ2) is 11.7. The maximum absolute atomic E-state index is 12.2. The molecule has 2 fully saturated rings. The van der Waals surface area contributed by atoms with Crippen LogP contribution in [0.3, 0.4) is 0 Å². The number of benzene rings is 2. The molecule has 214 valence electrons. The number of urea groups is 1. The topological polar surface area (TPSA) is 140 Å². The van der Waals surface area contributed by atoms with Crippen LogP contribution >= 0.6 is 10.6 Å². The first-order valence-electron chi connectivity index (χ1n) is 13.6. The van der Waals surface area contributed by atoms with Crippen molar-refractivity contribution in [1.29, 1.82) is 0 Å². The summed E-state index contributed by atoms with van der Waals surface area (Å²) in [7, 11) is -3.18. The summed E-state index contributed by atoms with van der Waals surface area (Å²) >= 11 is 0. The first kappa shape index (κ1) is 28.3. The number of carbonyl (C=O) groups is 1. The van der Waals surface area contributed by atoms with Crippen LogP contribution in [0.1, 0.15) is 38.8 Å². The van der Waals surface area contributed by atoms with Crippen molar-refractivity contribution in [3.63, 3.8) is 0 Å². The number of ether oxygens (including phenoxy) is 1. The van der Waals surface area contributed by atoms with E-state index in [0.29, 0.717) is 54.7 Å². The number of hydrogen-bond donors (Lipinski definition) is 5. The lowest BCUT2D eigenvalue weighted by Gasteiger charge is -2.41. The molecule has 3 aromatic rings. The maximum atomic E-state index is 12.2. The van der Waals surface area contributed by atoms with Gasteiger partial charge in [-0.1, -0.05) is 25.1 Å². The van der Waals surface area contributed by atoms with E-state index in [9.17, 15) is 13.9 Å². The number of amides is 2. The minimum absolute atomic E-state index is 0.152. The Labute approximate surface area is 236 Å². The highest BCUT2D eigenvalue weighted by atomic mass is 32.3. The zero-order chi connectivity index (χ0) is 28.3. The molecular weight excluding hydrogens is 530 g/mol. The van der Waals surface area contributed by atoms with Gasteiger partial charge in [-0.05, 0) is 62.6 Å². The predicted molar refractivity (Wildman–Crippen MR) is 157 cm³/mol. The lowest BCUT2D eigenvalue weighted by atomic mass is 10.1. The number of anilines is 2. The van der Waals surface area contributed by atoms with Crippen LogP contribution in [-0.4, -0.2) is 68.7 Å². The summed E-state index contributed by atoms with van der Waals surface area (Å²) in [5.74, 6) is 1.22. The number of carbonyl (C=O) groups excluding carboxylic acids is 1. The van der Waals surface area contributed by atoms with E-state index in [2.05, 4.69) is 22.5 Å². The molecule has 1 aromatic heterocycles. The van der Waals surface area contributed by atoms with E-state index in [0.717, 1.165) is 17.8 Å². The van der Waals surface area contributed by atoms with E-state index in [1.807, 2.05) is 36.4 Å². The molecule has 5 rings (SSSR count). The molecule has 2 aromatic carbocycles. The third kappa shape index (κ3) is 5.65. The van der Waals surface area contributed by atoms with E-state index < -0.39 is 21.4 Å². The van der Waals surface area contributed by atoms with Crippen LogP contribution in [0.4, 0.5) is 16.3 Å². The van der Waals surface area contributed by atoms with Gasteiger partial charge in [0.1, 0.15) is 10.6 Å². The normalized spacial score (nSPS) is 19.5. The fraction of sp³-hybridized carbons (Fsp3) is 0.414. The number of rotatable bonds is 9. The summed E-state index contributed by atoms with van der Waals surface area (Å²) in [5, 5.41) is 14.6. The van der Waals surface area contributed by atoms with Crippen LogP contribution in [-0.2, 0) is 9.48 Å². The quantitative estimate of drug-likeness (QED) is 0.242. The van der Waals surface area contributed by atoms with E-state index in [-0.39, 0.29) is 18.7 Å². The Balaban J connectivity index is 1.52. The van der Waals surface area contributed by atoms with E-state index >= 15 is 0 Å². The summed E-state index contributed by atoms with van der Waals surface area (Å²) in [6.45, 7) is 5.55. The molecule has 2 heterocycles. The Morgan fingerprint density at radius 1 is 1.15 bits per heavy atom. The molecule has 2 aliphatic rings. The third-order valence-electron chi connectivity index (χ3n) is 7.55. The van der Waals surface area contributed by atoms with Gasteiger partial charge in [0.25, 0.3) is 0 Å². The smallest absolute Gasteiger partial charge is 0.319 e. The van der Waals surface area contributed by atoms with Gasteiger partial charge < -0.3 is 25.4 Å². The maximum Gasteiger partial charge on any atom is 0.319 e. The fourth-order valence-electron chi connectivity index (χ4n) is 5.01. The van der Waals surface area contributed by atoms with Crippen molar-refractivity contribution in [3.05, 3.63) is 66.4 Å².